The Kier molecular flexibility index (Phi) is 6.08. The van der Waals surface area contributed by atoms with Crippen LogP contribution < -0.4 is 10.1 Å². The molecule has 1 N–H and O–H groups in total. The van der Waals surface area contributed by atoms with Crippen LogP contribution in [0.3, 0.4) is 0 Å². The Morgan fingerprint density at radius 1 is 1.38 bits per heavy atom. The van der Waals surface area contributed by atoms with Crippen LogP contribution in [-0.4, -0.2) is 22.9 Å². The summed E-state index contributed by atoms with van der Waals surface area (Å²) >= 11 is 5.97. The fourth-order valence-corrected chi connectivity index (χ4v) is 2.24. The van der Waals surface area contributed by atoms with Crippen molar-refractivity contribution in [2.75, 3.05) is 13.2 Å². The summed E-state index contributed by atoms with van der Waals surface area (Å²) in [6.07, 6.45) is 5.04. The third-order valence-electron chi connectivity index (χ3n) is 3.23. The van der Waals surface area contributed by atoms with E-state index < -0.39 is 0 Å². The van der Waals surface area contributed by atoms with E-state index in [4.69, 9.17) is 16.3 Å². The van der Waals surface area contributed by atoms with E-state index in [-0.39, 0.29) is 6.04 Å². The van der Waals surface area contributed by atoms with Crippen LogP contribution in [0.5, 0.6) is 5.75 Å². The van der Waals surface area contributed by atoms with Crippen LogP contribution in [0.2, 0.25) is 5.02 Å². The Morgan fingerprint density at radius 2 is 2.24 bits per heavy atom. The summed E-state index contributed by atoms with van der Waals surface area (Å²) in [5, 5.41) is 8.51. The molecule has 0 aliphatic heterocycles. The predicted octanol–water partition coefficient (Wildman–Crippen LogP) is 3.68. The van der Waals surface area contributed by atoms with Crippen molar-refractivity contribution in [1.29, 1.82) is 0 Å². The Balaban J connectivity index is 2.02. The minimum absolute atomic E-state index is 0.129. The van der Waals surface area contributed by atoms with Gasteiger partial charge in [-0.3, -0.25) is 4.68 Å². The van der Waals surface area contributed by atoms with Gasteiger partial charge in [0, 0.05) is 23.3 Å². The van der Waals surface area contributed by atoms with Gasteiger partial charge in [0.05, 0.1) is 12.2 Å². The second-order valence-corrected chi connectivity index (χ2v) is 5.34. The van der Waals surface area contributed by atoms with Crippen molar-refractivity contribution in [2.45, 2.75) is 32.9 Å². The van der Waals surface area contributed by atoms with E-state index in [1.54, 1.807) is 0 Å². The second-order valence-electron chi connectivity index (χ2n) is 4.90. The highest BCUT2D eigenvalue weighted by Gasteiger charge is 2.14. The molecule has 1 heterocycles. The zero-order valence-electron chi connectivity index (χ0n) is 12.6. The van der Waals surface area contributed by atoms with Gasteiger partial charge in [-0.15, -0.1) is 0 Å². The van der Waals surface area contributed by atoms with Crippen molar-refractivity contribution in [2.24, 2.45) is 0 Å². The summed E-state index contributed by atoms with van der Waals surface area (Å²) in [7, 11) is 0. The molecule has 1 unspecified atom stereocenters. The van der Waals surface area contributed by atoms with Crippen LogP contribution in [0.1, 0.15) is 31.9 Å². The Morgan fingerprint density at radius 3 is 2.90 bits per heavy atom. The van der Waals surface area contributed by atoms with Gasteiger partial charge < -0.3 is 10.1 Å². The Labute approximate surface area is 131 Å². The number of ether oxygens (including phenoxy) is 1. The summed E-state index contributed by atoms with van der Waals surface area (Å²) < 4.78 is 7.79. The number of hydrogen-bond donors (Lipinski definition) is 1. The van der Waals surface area contributed by atoms with E-state index in [0.717, 1.165) is 30.8 Å². The summed E-state index contributed by atoms with van der Waals surface area (Å²) in [4.78, 5) is 0. The van der Waals surface area contributed by atoms with Crippen LogP contribution in [-0.2, 0) is 6.54 Å². The SMILES string of the molecule is CCCNC(COc1cccc(Cl)c1)c1cnn(CC)c1. The lowest BCUT2D eigenvalue weighted by Crippen LogP contribution is -2.27. The van der Waals surface area contributed by atoms with Gasteiger partial charge in [0.2, 0.25) is 0 Å². The lowest BCUT2D eigenvalue weighted by Gasteiger charge is -2.18. The monoisotopic (exact) mass is 307 g/mol. The number of hydrogen-bond acceptors (Lipinski definition) is 3. The highest BCUT2D eigenvalue weighted by Crippen LogP contribution is 2.19. The molecular weight excluding hydrogens is 286 g/mol. The van der Waals surface area contributed by atoms with E-state index in [1.165, 1.54) is 0 Å². The fraction of sp³-hybridized carbons (Fsp3) is 0.438. The van der Waals surface area contributed by atoms with Gasteiger partial charge >= 0.3 is 0 Å². The van der Waals surface area contributed by atoms with Crippen molar-refractivity contribution in [3.05, 3.63) is 47.2 Å². The average molecular weight is 308 g/mol. The minimum atomic E-state index is 0.129. The number of rotatable bonds is 8. The van der Waals surface area contributed by atoms with E-state index in [0.29, 0.717) is 11.6 Å². The second kappa shape index (κ2) is 8.05. The van der Waals surface area contributed by atoms with Gasteiger partial charge in [-0.2, -0.15) is 5.10 Å². The molecule has 21 heavy (non-hydrogen) atoms. The maximum absolute atomic E-state index is 5.97. The van der Waals surface area contributed by atoms with E-state index in [9.17, 15) is 0 Å². The predicted molar refractivity (Wildman–Crippen MR) is 85.9 cm³/mol. The highest BCUT2D eigenvalue weighted by atomic mass is 35.5. The van der Waals surface area contributed by atoms with Crippen LogP contribution >= 0.6 is 11.6 Å². The zero-order chi connectivity index (χ0) is 15.1. The molecule has 0 aliphatic rings. The van der Waals surface area contributed by atoms with Crippen LogP contribution in [0.4, 0.5) is 0 Å². The number of aryl methyl sites for hydroxylation is 1. The van der Waals surface area contributed by atoms with Crippen LogP contribution in [0.15, 0.2) is 36.7 Å². The van der Waals surface area contributed by atoms with Crippen LogP contribution in [0.25, 0.3) is 0 Å². The van der Waals surface area contributed by atoms with Gasteiger partial charge in [-0.25, -0.2) is 0 Å². The molecule has 0 saturated heterocycles. The first kappa shape index (κ1) is 15.9. The maximum atomic E-state index is 5.97. The number of nitrogens with one attached hydrogen (secondary N) is 1. The molecule has 0 saturated carbocycles. The molecule has 1 aromatic carbocycles. The molecule has 2 aromatic rings. The Bertz CT molecular complexity index is 556. The summed E-state index contributed by atoms with van der Waals surface area (Å²) in [5.41, 5.74) is 1.15. The van der Waals surface area contributed by atoms with Crippen molar-refractivity contribution in [3.8, 4) is 5.75 Å². The molecule has 0 spiro atoms. The Hall–Kier alpha value is -1.52. The molecule has 5 heteroatoms. The highest BCUT2D eigenvalue weighted by molar-refractivity contribution is 6.30. The van der Waals surface area contributed by atoms with Crippen molar-refractivity contribution in [1.82, 2.24) is 15.1 Å². The molecule has 1 aromatic heterocycles. The molecule has 0 radical (unpaired) electrons. The smallest absolute Gasteiger partial charge is 0.120 e. The third-order valence-corrected chi connectivity index (χ3v) is 3.47. The molecule has 114 valence electrons. The van der Waals surface area contributed by atoms with E-state index in [1.807, 2.05) is 35.1 Å². The molecule has 1 atom stereocenters. The van der Waals surface area contributed by atoms with Crippen molar-refractivity contribution in [3.63, 3.8) is 0 Å². The number of benzene rings is 1. The number of nitrogens with zero attached hydrogens (tertiary/aromatic N) is 2. The summed E-state index contributed by atoms with van der Waals surface area (Å²) in [6.45, 7) is 6.59. The third kappa shape index (κ3) is 4.76. The van der Waals surface area contributed by atoms with Gasteiger partial charge in [0.15, 0.2) is 0 Å². The average Bonchev–Trinajstić information content (AvgIpc) is 2.96. The molecule has 0 amide bonds. The summed E-state index contributed by atoms with van der Waals surface area (Å²) in [5.74, 6) is 0.786. The largest absolute Gasteiger partial charge is 0.492 e. The van der Waals surface area contributed by atoms with Crippen LogP contribution in [0, 0.1) is 0 Å². The first-order valence-corrected chi connectivity index (χ1v) is 7.74. The maximum Gasteiger partial charge on any atom is 0.120 e. The normalized spacial score (nSPS) is 12.3. The standard InChI is InChI=1S/C16H22ClN3O/c1-3-8-18-16(13-10-19-20(4-2)11-13)12-21-15-7-5-6-14(17)9-15/h5-7,9-11,16,18H,3-4,8,12H2,1-2H3. The van der Waals surface area contributed by atoms with Crippen molar-refractivity contribution >= 4 is 11.6 Å². The number of halogens is 1. The van der Waals surface area contributed by atoms with Gasteiger partial charge in [-0.05, 0) is 38.1 Å². The molecule has 2 rings (SSSR count). The molecule has 0 aliphatic carbocycles. The minimum Gasteiger partial charge on any atom is -0.492 e. The van der Waals surface area contributed by atoms with Gasteiger partial charge in [-0.1, -0.05) is 24.6 Å². The zero-order valence-corrected chi connectivity index (χ0v) is 13.3. The molecule has 0 fully saturated rings. The van der Waals surface area contributed by atoms with Crippen molar-refractivity contribution < 1.29 is 4.74 Å². The summed E-state index contributed by atoms with van der Waals surface area (Å²) in [6, 6.07) is 7.60. The lowest BCUT2D eigenvalue weighted by atomic mass is 10.1. The van der Waals surface area contributed by atoms with Gasteiger partial charge in [0.25, 0.3) is 0 Å². The number of aromatic nitrogens is 2. The quantitative estimate of drug-likeness (QED) is 0.808. The molecule has 4 nitrogen and oxygen atoms in total. The fourth-order valence-electron chi connectivity index (χ4n) is 2.06. The van der Waals surface area contributed by atoms with E-state index >= 15 is 0 Å². The molecule has 0 bridgehead atoms. The van der Waals surface area contributed by atoms with Gasteiger partial charge in [0.1, 0.15) is 12.4 Å². The first-order chi connectivity index (χ1) is 10.2. The molecular formula is C16H22ClN3O. The lowest BCUT2D eigenvalue weighted by molar-refractivity contribution is 0.266. The first-order valence-electron chi connectivity index (χ1n) is 7.37. The van der Waals surface area contributed by atoms with E-state index in [2.05, 4.69) is 30.5 Å². The topological polar surface area (TPSA) is 39.1 Å².